The minimum absolute atomic E-state index is 0.306. The van der Waals surface area contributed by atoms with Gasteiger partial charge in [-0.2, -0.15) is 0 Å². The number of amides is 2. The standard InChI is InChI=1S/C11H12ClIN2O3/c1-2-15(6-10(16)17)11(18)14-9-4-3-7(13)5-8(9)12/h3-5H,2,6H2,1H3,(H,14,18)(H,16,17). The van der Waals surface area contributed by atoms with E-state index in [4.69, 9.17) is 16.7 Å². The van der Waals surface area contributed by atoms with Crippen LogP contribution in [0, 0.1) is 3.57 Å². The second-order valence-corrected chi connectivity index (χ2v) is 5.12. The minimum Gasteiger partial charge on any atom is -0.480 e. The first-order chi connectivity index (χ1) is 8.43. The van der Waals surface area contributed by atoms with Crippen molar-refractivity contribution in [3.8, 4) is 0 Å². The van der Waals surface area contributed by atoms with Crippen LogP contribution in [0.1, 0.15) is 6.92 Å². The van der Waals surface area contributed by atoms with Crippen LogP contribution >= 0.6 is 34.2 Å². The van der Waals surface area contributed by atoms with Gasteiger partial charge in [0.25, 0.3) is 0 Å². The van der Waals surface area contributed by atoms with Gasteiger partial charge in [-0.25, -0.2) is 4.79 Å². The molecule has 1 rings (SSSR count). The van der Waals surface area contributed by atoms with Crippen LogP contribution in [0.5, 0.6) is 0 Å². The smallest absolute Gasteiger partial charge is 0.323 e. The Morgan fingerprint density at radius 2 is 2.17 bits per heavy atom. The Bertz CT molecular complexity index is 468. The van der Waals surface area contributed by atoms with E-state index >= 15 is 0 Å². The number of carboxylic acid groups (broad SMARTS) is 1. The van der Waals surface area contributed by atoms with Gasteiger partial charge in [-0.1, -0.05) is 11.6 Å². The number of nitrogens with zero attached hydrogens (tertiary/aromatic N) is 1. The molecule has 1 aromatic carbocycles. The van der Waals surface area contributed by atoms with Crippen LogP contribution in [-0.4, -0.2) is 35.1 Å². The van der Waals surface area contributed by atoms with Crippen molar-refractivity contribution in [2.24, 2.45) is 0 Å². The lowest BCUT2D eigenvalue weighted by atomic mass is 10.3. The monoisotopic (exact) mass is 382 g/mol. The summed E-state index contributed by atoms with van der Waals surface area (Å²) in [6, 6.07) is 4.71. The number of hydrogen-bond donors (Lipinski definition) is 2. The van der Waals surface area contributed by atoms with Gasteiger partial charge >= 0.3 is 12.0 Å². The molecule has 0 aromatic heterocycles. The lowest BCUT2D eigenvalue weighted by molar-refractivity contribution is -0.137. The zero-order valence-corrected chi connectivity index (χ0v) is 12.5. The predicted octanol–water partition coefficient (Wildman–Crippen LogP) is 2.88. The van der Waals surface area contributed by atoms with Crippen molar-refractivity contribution in [3.63, 3.8) is 0 Å². The molecule has 0 aliphatic carbocycles. The number of hydrogen-bond acceptors (Lipinski definition) is 2. The summed E-state index contributed by atoms with van der Waals surface area (Å²) in [6.07, 6.45) is 0. The van der Waals surface area contributed by atoms with Crippen LogP contribution in [0.15, 0.2) is 18.2 Å². The Morgan fingerprint density at radius 1 is 1.50 bits per heavy atom. The van der Waals surface area contributed by atoms with Crippen molar-refractivity contribution in [3.05, 3.63) is 26.8 Å². The molecule has 7 heteroatoms. The highest BCUT2D eigenvalue weighted by atomic mass is 127. The first-order valence-electron chi connectivity index (χ1n) is 5.16. The van der Waals surface area contributed by atoms with E-state index in [9.17, 15) is 9.59 Å². The first kappa shape index (κ1) is 15.0. The van der Waals surface area contributed by atoms with Crippen LogP contribution in [-0.2, 0) is 4.79 Å². The maximum Gasteiger partial charge on any atom is 0.323 e. The number of anilines is 1. The molecule has 2 amide bonds. The maximum atomic E-state index is 11.8. The highest BCUT2D eigenvalue weighted by molar-refractivity contribution is 14.1. The molecule has 5 nitrogen and oxygen atoms in total. The van der Waals surface area contributed by atoms with Gasteiger partial charge in [0.1, 0.15) is 6.54 Å². The molecule has 0 saturated heterocycles. The molecule has 0 aliphatic rings. The molecular formula is C11H12ClIN2O3. The third kappa shape index (κ3) is 4.34. The largest absolute Gasteiger partial charge is 0.480 e. The molecule has 1 aromatic rings. The Morgan fingerprint density at radius 3 is 2.67 bits per heavy atom. The van der Waals surface area contributed by atoms with E-state index in [2.05, 4.69) is 27.9 Å². The Kier molecular flexibility index (Phi) is 5.67. The van der Waals surface area contributed by atoms with Gasteiger partial charge in [-0.15, -0.1) is 0 Å². The second-order valence-electron chi connectivity index (χ2n) is 3.46. The van der Waals surface area contributed by atoms with E-state index in [-0.39, 0.29) is 6.54 Å². The first-order valence-corrected chi connectivity index (χ1v) is 6.62. The molecule has 0 saturated carbocycles. The molecule has 2 N–H and O–H groups in total. The quantitative estimate of drug-likeness (QED) is 0.787. The summed E-state index contributed by atoms with van der Waals surface area (Å²) < 4.78 is 0.952. The second kappa shape index (κ2) is 6.79. The summed E-state index contributed by atoms with van der Waals surface area (Å²) in [5, 5.41) is 11.7. The van der Waals surface area contributed by atoms with Crippen molar-refractivity contribution in [1.29, 1.82) is 0 Å². The molecule has 0 bridgehead atoms. The van der Waals surface area contributed by atoms with E-state index < -0.39 is 12.0 Å². The summed E-state index contributed by atoms with van der Waals surface area (Å²) in [6.45, 7) is 1.67. The number of aliphatic carboxylic acids is 1. The number of rotatable bonds is 4. The molecule has 0 heterocycles. The number of carbonyl (C=O) groups is 2. The molecule has 0 spiro atoms. The van der Waals surface area contributed by atoms with Crippen molar-refractivity contribution in [2.75, 3.05) is 18.4 Å². The highest BCUT2D eigenvalue weighted by Crippen LogP contribution is 2.24. The van der Waals surface area contributed by atoms with Gasteiger partial charge in [0.15, 0.2) is 0 Å². The average Bonchev–Trinajstić information content (AvgIpc) is 2.29. The van der Waals surface area contributed by atoms with Gasteiger partial charge in [-0.05, 0) is 47.7 Å². The summed E-state index contributed by atoms with van der Waals surface area (Å²) in [7, 11) is 0. The zero-order valence-electron chi connectivity index (χ0n) is 9.61. The molecule has 0 aliphatic heterocycles. The lowest BCUT2D eigenvalue weighted by Gasteiger charge is -2.19. The number of urea groups is 1. The molecule has 98 valence electrons. The molecule has 18 heavy (non-hydrogen) atoms. The minimum atomic E-state index is -1.05. The van der Waals surface area contributed by atoms with E-state index in [1.54, 1.807) is 25.1 Å². The van der Waals surface area contributed by atoms with Crippen LogP contribution in [0.3, 0.4) is 0 Å². The fraction of sp³-hybridized carbons (Fsp3) is 0.273. The number of carbonyl (C=O) groups excluding carboxylic acids is 1. The van der Waals surface area contributed by atoms with Gasteiger partial charge in [0.2, 0.25) is 0 Å². The van der Waals surface area contributed by atoms with Crippen LogP contribution < -0.4 is 5.32 Å². The van der Waals surface area contributed by atoms with Crippen molar-refractivity contribution < 1.29 is 14.7 Å². The topological polar surface area (TPSA) is 69.6 Å². The number of carboxylic acids is 1. The van der Waals surface area contributed by atoms with E-state index in [1.807, 2.05) is 0 Å². The molecule has 0 unspecified atom stereocenters. The number of halogens is 2. The average molecular weight is 383 g/mol. The fourth-order valence-electron chi connectivity index (χ4n) is 1.28. The fourth-order valence-corrected chi connectivity index (χ4v) is 2.18. The Hall–Kier alpha value is -1.02. The van der Waals surface area contributed by atoms with Gasteiger partial charge in [0.05, 0.1) is 10.7 Å². The highest BCUT2D eigenvalue weighted by Gasteiger charge is 2.15. The number of nitrogens with one attached hydrogen (secondary N) is 1. The summed E-state index contributed by atoms with van der Waals surface area (Å²) in [4.78, 5) is 23.6. The molecular weight excluding hydrogens is 370 g/mol. The Labute approximate surface area is 123 Å². The predicted molar refractivity (Wildman–Crippen MR) is 78.1 cm³/mol. The third-order valence-electron chi connectivity index (χ3n) is 2.17. The zero-order chi connectivity index (χ0) is 13.7. The van der Waals surface area contributed by atoms with Crippen LogP contribution in [0.4, 0.5) is 10.5 Å². The van der Waals surface area contributed by atoms with Gasteiger partial charge < -0.3 is 15.3 Å². The molecule has 0 radical (unpaired) electrons. The van der Waals surface area contributed by atoms with Crippen LogP contribution in [0.25, 0.3) is 0 Å². The van der Waals surface area contributed by atoms with E-state index in [0.717, 1.165) is 3.57 Å². The van der Waals surface area contributed by atoms with Crippen LogP contribution in [0.2, 0.25) is 5.02 Å². The molecule has 0 atom stereocenters. The van der Waals surface area contributed by atoms with Crippen molar-refractivity contribution in [1.82, 2.24) is 4.90 Å². The lowest BCUT2D eigenvalue weighted by Crippen LogP contribution is -2.38. The van der Waals surface area contributed by atoms with Crippen molar-refractivity contribution >= 4 is 51.9 Å². The molecule has 0 fully saturated rings. The van der Waals surface area contributed by atoms with Gasteiger partial charge in [0, 0.05) is 10.1 Å². The normalized spacial score (nSPS) is 9.94. The third-order valence-corrected chi connectivity index (χ3v) is 3.15. The summed E-state index contributed by atoms with van der Waals surface area (Å²) in [5.41, 5.74) is 0.464. The summed E-state index contributed by atoms with van der Waals surface area (Å²) in [5.74, 6) is -1.05. The maximum absolute atomic E-state index is 11.8. The van der Waals surface area contributed by atoms with E-state index in [0.29, 0.717) is 17.3 Å². The van der Waals surface area contributed by atoms with Crippen molar-refractivity contribution in [2.45, 2.75) is 6.92 Å². The summed E-state index contributed by atoms with van der Waals surface area (Å²) >= 11 is 8.08. The SMILES string of the molecule is CCN(CC(=O)O)C(=O)Nc1ccc(I)cc1Cl. The van der Waals surface area contributed by atoms with Gasteiger partial charge in [-0.3, -0.25) is 4.79 Å². The van der Waals surface area contributed by atoms with E-state index in [1.165, 1.54) is 4.90 Å². The number of likely N-dealkylation sites (N-methyl/N-ethyl adjacent to an activating group) is 1. The number of benzene rings is 1. The Balaban J connectivity index is 2.76.